The van der Waals surface area contributed by atoms with Crippen molar-refractivity contribution in [1.29, 1.82) is 5.26 Å². The monoisotopic (exact) mass is 280 g/mol. The minimum Gasteiger partial charge on any atom is -0.493 e. The van der Waals surface area contributed by atoms with Crippen LogP contribution in [0.3, 0.4) is 0 Å². The molecule has 0 spiro atoms. The van der Waals surface area contributed by atoms with E-state index in [-0.39, 0.29) is 6.04 Å². The number of nitriles is 1. The quantitative estimate of drug-likeness (QED) is 0.757. The molecule has 108 valence electrons. The van der Waals surface area contributed by atoms with Crippen LogP contribution in [-0.4, -0.2) is 6.61 Å². The third-order valence-corrected chi connectivity index (χ3v) is 3.22. The molecule has 0 aromatic heterocycles. The number of nitrogens with one attached hydrogen (secondary N) is 1. The first-order valence-corrected chi connectivity index (χ1v) is 7.21. The van der Waals surface area contributed by atoms with E-state index in [9.17, 15) is 0 Å². The Labute approximate surface area is 126 Å². The van der Waals surface area contributed by atoms with Gasteiger partial charge >= 0.3 is 0 Å². The molecule has 0 bridgehead atoms. The molecule has 21 heavy (non-hydrogen) atoms. The van der Waals surface area contributed by atoms with Gasteiger partial charge in [-0.1, -0.05) is 36.4 Å². The summed E-state index contributed by atoms with van der Waals surface area (Å²) in [4.78, 5) is 0. The first-order chi connectivity index (χ1) is 10.3. The van der Waals surface area contributed by atoms with Gasteiger partial charge in [-0.05, 0) is 31.0 Å². The second kappa shape index (κ2) is 7.96. The van der Waals surface area contributed by atoms with Gasteiger partial charge in [-0.15, -0.1) is 0 Å². The fourth-order valence-corrected chi connectivity index (χ4v) is 2.09. The molecule has 0 saturated carbocycles. The van der Waals surface area contributed by atoms with E-state index in [0.717, 1.165) is 17.9 Å². The predicted octanol–water partition coefficient (Wildman–Crippen LogP) is 4.54. The molecule has 1 unspecified atom stereocenters. The SMILES string of the molecule is CC(Nc1cccc(OCCCC#N)c1)c1ccccc1. The number of hydrogen-bond acceptors (Lipinski definition) is 3. The highest BCUT2D eigenvalue weighted by molar-refractivity contribution is 5.49. The zero-order valence-corrected chi connectivity index (χ0v) is 12.3. The Morgan fingerprint density at radius 2 is 1.95 bits per heavy atom. The van der Waals surface area contributed by atoms with E-state index in [4.69, 9.17) is 10.00 Å². The van der Waals surface area contributed by atoms with Gasteiger partial charge in [0.05, 0.1) is 12.7 Å². The number of nitrogens with zero attached hydrogens (tertiary/aromatic N) is 1. The molecule has 0 heterocycles. The number of anilines is 1. The van der Waals surface area contributed by atoms with Gasteiger partial charge in [-0.2, -0.15) is 5.26 Å². The average Bonchev–Trinajstić information content (AvgIpc) is 2.53. The van der Waals surface area contributed by atoms with Crippen LogP contribution < -0.4 is 10.1 Å². The standard InChI is InChI=1S/C18H20N2O/c1-15(16-8-3-2-4-9-16)20-17-10-7-11-18(14-17)21-13-6-5-12-19/h2-4,7-11,14-15,20H,5-6,13H2,1H3. The van der Waals surface area contributed by atoms with Crippen molar-refractivity contribution in [3.05, 3.63) is 60.2 Å². The molecule has 0 amide bonds. The summed E-state index contributed by atoms with van der Waals surface area (Å²) in [5, 5.41) is 12.0. The predicted molar refractivity (Wildman–Crippen MR) is 85.3 cm³/mol. The third-order valence-electron chi connectivity index (χ3n) is 3.22. The van der Waals surface area contributed by atoms with E-state index in [1.165, 1.54) is 5.56 Å². The largest absolute Gasteiger partial charge is 0.493 e. The van der Waals surface area contributed by atoms with Gasteiger partial charge in [-0.3, -0.25) is 0 Å². The molecular formula is C18H20N2O. The Morgan fingerprint density at radius 1 is 1.14 bits per heavy atom. The molecule has 0 aliphatic rings. The van der Waals surface area contributed by atoms with Crippen molar-refractivity contribution in [2.75, 3.05) is 11.9 Å². The second-order valence-corrected chi connectivity index (χ2v) is 4.91. The number of benzene rings is 2. The lowest BCUT2D eigenvalue weighted by Crippen LogP contribution is -2.06. The Hall–Kier alpha value is -2.47. The lowest BCUT2D eigenvalue weighted by molar-refractivity contribution is 0.313. The highest BCUT2D eigenvalue weighted by Crippen LogP contribution is 2.22. The summed E-state index contributed by atoms with van der Waals surface area (Å²) in [5.74, 6) is 0.832. The minimum absolute atomic E-state index is 0.236. The van der Waals surface area contributed by atoms with Crippen LogP contribution in [0.5, 0.6) is 5.75 Å². The van der Waals surface area contributed by atoms with Gasteiger partial charge in [0.2, 0.25) is 0 Å². The number of rotatable bonds is 7. The number of unbranched alkanes of at least 4 members (excludes halogenated alkanes) is 1. The molecule has 3 nitrogen and oxygen atoms in total. The van der Waals surface area contributed by atoms with Crippen molar-refractivity contribution < 1.29 is 4.74 Å². The van der Waals surface area contributed by atoms with Crippen molar-refractivity contribution in [3.8, 4) is 11.8 Å². The minimum atomic E-state index is 0.236. The van der Waals surface area contributed by atoms with E-state index in [1.807, 2.05) is 42.5 Å². The summed E-state index contributed by atoms with van der Waals surface area (Å²) in [6, 6.07) is 20.6. The molecule has 0 fully saturated rings. The summed E-state index contributed by atoms with van der Waals surface area (Å²) in [6.45, 7) is 2.71. The zero-order valence-electron chi connectivity index (χ0n) is 12.3. The van der Waals surface area contributed by atoms with Crippen LogP contribution in [0, 0.1) is 11.3 Å². The van der Waals surface area contributed by atoms with Gasteiger partial charge in [0.15, 0.2) is 0 Å². The van der Waals surface area contributed by atoms with Crippen molar-refractivity contribution in [3.63, 3.8) is 0 Å². The zero-order chi connectivity index (χ0) is 14.9. The molecule has 0 aliphatic carbocycles. The average molecular weight is 280 g/mol. The topological polar surface area (TPSA) is 45.0 Å². The van der Waals surface area contributed by atoms with Gasteiger partial charge in [0.1, 0.15) is 5.75 Å². The second-order valence-electron chi connectivity index (χ2n) is 4.91. The van der Waals surface area contributed by atoms with Crippen LogP contribution in [-0.2, 0) is 0 Å². The summed E-state index contributed by atoms with van der Waals surface area (Å²) < 4.78 is 5.64. The Bertz CT molecular complexity index is 590. The summed E-state index contributed by atoms with van der Waals surface area (Å²) in [7, 11) is 0. The van der Waals surface area contributed by atoms with E-state index >= 15 is 0 Å². The normalized spacial score (nSPS) is 11.4. The summed E-state index contributed by atoms with van der Waals surface area (Å²) in [5.41, 5.74) is 2.28. The van der Waals surface area contributed by atoms with Crippen molar-refractivity contribution in [2.24, 2.45) is 0 Å². The Morgan fingerprint density at radius 3 is 2.71 bits per heavy atom. The van der Waals surface area contributed by atoms with E-state index < -0.39 is 0 Å². The molecule has 2 aromatic rings. The number of ether oxygens (including phenoxy) is 1. The molecule has 0 aliphatic heterocycles. The molecule has 2 rings (SSSR count). The van der Waals surface area contributed by atoms with Crippen molar-refractivity contribution in [2.45, 2.75) is 25.8 Å². The first kappa shape index (κ1) is 14.9. The molecule has 0 radical (unpaired) electrons. The van der Waals surface area contributed by atoms with Crippen LogP contribution in [0.2, 0.25) is 0 Å². The van der Waals surface area contributed by atoms with Gasteiger partial charge in [0.25, 0.3) is 0 Å². The Kier molecular flexibility index (Phi) is 5.66. The maximum Gasteiger partial charge on any atom is 0.121 e. The van der Waals surface area contributed by atoms with Crippen LogP contribution in [0.1, 0.15) is 31.4 Å². The summed E-state index contributed by atoms with van der Waals surface area (Å²) >= 11 is 0. The maximum atomic E-state index is 8.50. The maximum absolute atomic E-state index is 8.50. The molecule has 1 N–H and O–H groups in total. The van der Waals surface area contributed by atoms with Crippen LogP contribution >= 0.6 is 0 Å². The number of hydrogen-bond donors (Lipinski definition) is 1. The fourth-order valence-electron chi connectivity index (χ4n) is 2.09. The molecule has 3 heteroatoms. The highest BCUT2D eigenvalue weighted by Gasteiger charge is 2.05. The molecular weight excluding hydrogens is 260 g/mol. The third kappa shape index (κ3) is 4.85. The Balaban J connectivity index is 1.93. The van der Waals surface area contributed by atoms with Gasteiger partial charge < -0.3 is 10.1 Å². The van der Waals surface area contributed by atoms with Crippen LogP contribution in [0.15, 0.2) is 54.6 Å². The van der Waals surface area contributed by atoms with Crippen molar-refractivity contribution >= 4 is 5.69 Å². The smallest absolute Gasteiger partial charge is 0.121 e. The van der Waals surface area contributed by atoms with E-state index in [0.29, 0.717) is 13.0 Å². The van der Waals surface area contributed by atoms with Crippen molar-refractivity contribution in [1.82, 2.24) is 0 Å². The lowest BCUT2D eigenvalue weighted by Gasteiger charge is -2.16. The summed E-state index contributed by atoms with van der Waals surface area (Å²) in [6.07, 6.45) is 1.29. The van der Waals surface area contributed by atoms with E-state index in [1.54, 1.807) is 0 Å². The molecule has 0 saturated heterocycles. The first-order valence-electron chi connectivity index (χ1n) is 7.21. The molecule has 1 atom stereocenters. The van der Waals surface area contributed by atoms with Crippen LogP contribution in [0.4, 0.5) is 5.69 Å². The molecule has 2 aromatic carbocycles. The lowest BCUT2D eigenvalue weighted by atomic mass is 10.1. The fraction of sp³-hybridized carbons (Fsp3) is 0.278. The van der Waals surface area contributed by atoms with Crippen LogP contribution in [0.25, 0.3) is 0 Å². The van der Waals surface area contributed by atoms with Gasteiger partial charge in [-0.25, -0.2) is 0 Å². The van der Waals surface area contributed by atoms with Gasteiger partial charge in [0, 0.05) is 24.2 Å². The van der Waals surface area contributed by atoms with E-state index in [2.05, 4.69) is 30.4 Å². The highest BCUT2D eigenvalue weighted by atomic mass is 16.5.